The van der Waals surface area contributed by atoms with Crippen molar-refractivity contribution >= 4 is 0 Å². The van der Waals surface area contributed by atoms with E-state index in [0.717, 1.165) is 0 Å². The third-order valence-electron chi connectivity index (χ3n) is 0.500. The molecule has 74 valence electrons. The maximum Gasteiger partial charge on any atom is 0.0351 e. The van der Waals surface area contributed by atoms with E-state index in [0.29, 0.717) is 0 Å². The van der Waals surface area contributed by atoms with Gasteiger partial charge in [0.2, 0.25) is 0 Å². The quantitative estimate of drug-likeness (QED) is 0.566. The summed E-state index contributed by atoms with van der Waals surface area (Å²) in [6.45, 7) is 12.4. The van der Waals surface area contributed by atoms with Crippen molar-refractivity contribution in [1.82, 2.24) is 0 Å². The maximum absolute atomic E-state index is 4.25. The first kappa shape index (κ1) is 22.4. The Morgan fingerprint density at radius 1 is 0.727 bits per heavy atom. The Morgan fingerprint density at radius 2 is 0.818 bits per heavy atom. The van der Waals surface area contributed by atoms with Crippen LogP contribution >= 0.6 is 0 Å². The molecule has 11 heavy (non-hydrogen) atoms. The highest BCUT2D eigenvalue weighted by Gasteiger charge is 1.56. The van der Waals surface area contributed by atoms with Crippen LogP contribution in [0.15, 0.2) is 0 Å². The summed E-state index contributed by atoms with van der Waals surface area (Å²) in [4.78, 5) is 0. The summed E-state index contributed by atoms with van der Waals surface area (Å²) in [7, 11) is 3.25. The molecule has 0 N–H and O–H groups in total. The van der Waals surface area contributed by atoms with Gasteiger partial charge in [-0.15, -0.1) is 0 Å². The summed E-state index contributed by atoms with van der Waals surface area (Å²) in [5.74, 6) is 0. The molecule has 0 aliphatic carbocycles. The van der Waals surface area contributed by atoms with Crippen molar-refractivity contribution in [3.05, 3.63) is 0 Å². The number of ether oxygens (including phenoxy) is 1. The Morgan fingerprint density at radius 3 is 0.818 bits per heavy atom. The largest absolute Gasteiger partial charge is 0.388 e. The van der Waals surface area contributed by atoms with Gasteiger partial charge >= 0.3 is 0 Å². The molecular weight excluding hydrogens is 136 g/mol. The van der Waals surface area contributed by atoms with Crippen LogP contribution in [0, 0.1) is 0 Å². The second-order valence-electron chi connectivity index (χ2n) is 1.41. The van der Waals surface area contributed by atoms with E-state index in [4.69, 9.17) is 0 Å². The lowest BCUT2D eigenvalue weighted by molar-refractivity contribution is 0.277. The van der Waals surface area contributed by atoms with Crippen molar-refractivity contribution in [3.63, 3.8) is 0 Å². The van der Waals surface area contributed by atoms with Crippen molar-refractivity contribution in [2.45, 2.75) is 54.4 Å². The van der Waals surface area contributed by atoms with Crippen LogP contribution in [0.2, 0.25) is 0 Å². The second-order valence-corrected chi connectivity index (χ2v) is 1.41. The van der Waals surface area contributed by atoms with E-state index in [-0.39, 0.29) is 0 Å². The Bertz CT molecular complexity index is 12.3. The van der Waals surface area contributed by atoms with E-state index in [1.54, 1.807) is 14.2 Å². The summed E-state index contributed by atoms with van der Waals surface area (Å²) in [6, 6.07) is 0. The molecule has 0 saturated heterocycles. The third-order valence-corrected chi connectivity index (χ3v) is 0.500. The Kier molecular flexibility index (Phi) is 186. The van der Waals surface area contributed by atoms with Crippen molar-refractivity contribution in [3.8, 4) is 0 Å². The highest BCUT2D eigenvalue weighted by atomic mass is 16.4. The minimum absolute atomic E-state index is 1.32. The van der Waals surface area contributed by atoms with Crippen LogP contribution in [-0.2, 0) is 4.74 Å². The number of rotatable bonds is 1. The predicted molar refractivity (Wildman–Crippen MR) is 56.2 cm³/mol. The fourth-order valence-electron chi connectivity index (χ4n) is 0. The first-order chi connectivity index (χ1) is 5.33. The van der Waals surface area contributed by atoms with E-state index in [9.17, 15) is 0 Å². The number of unbranched alkanes of at least 4 members (excludes halogenated alkanes) is 1. The number of hydrogen-bond donors (Lipinski definition) is 0. The van der Waals surface area contributed by atoms with Gasteiger partial charge in [-0.05, 0) is 0 Å². The topological polar surface area (TPSA) is 9.23 Å². The molecule has 0 spiro atoms. The van der Waals surface area contributed by atoms with Crippen molar-refractivity contribution in [2.75, 3.05) is 14.2 Å². The van der Waals surface area contributed by atoms with Crippen LogP contribution in [0.4, 0.5) is 0 Å². The normalized spacial score (nSPS) is 5.45. The molecule has 0 aliphatic heterocycles. The van der Waals surface area contributed by atoms with Gasteiger partial charge in [-0.3, -0.25) is 0 Å². The zero-order valence-electron chi connectivity index (χ0n) is 9.82. The first-order valence-electron chi connectivity index (χ1n) is 4.73. The van der Waals surface area contributed by atoms with Gasteiger partial charge in [0, 0.05) is 14.2 Å². The molecule has 0 saturated carbocycles. The summed E-state index contributed by atoms with van der Waals surface area (Å²) in [6.07, 6.45) is 2.64. The Labute approximate surface area is 74.2 Å². The lowest BCUT2D eigenvalue weighted by Crippen LogP contribution is -1.55. The standard InChI is InChI=1S/C4H10.C2H6O.2C2H6/c1-3-4-2;1-3-2;2*1-2/h3-4H2,1-2H3;1-2H3;2*1-2H3. The van der Waals surface area contributed by atoms with Crippen LogP contribution in [0.1, 0.15) is 54.4 Å². The first-order valence-corrected chi connectivity index (χ1v) is 4.73. The summed E-state index contributed by atoms with van der Waals surface area (Å²) >= 11 is 0. The molecule has 1 heteroatoms. The maximum atomic E-state index is 4.25. The molecule has 0 aliphatic rings. The molecule has 0 atom stereocenters. The van der Waals surface area contributed by atoms with E-state index >= 15 is 0 Å². The average molecular weight is 164 g/mol. The Balaban J connectivity index is -0.0000000315. The monoisotopic (exact) mass is 164 g/mol. The van der Waals surface area contributed by atoms with Crippen LogP contribution in [0.5, 0.6) is 0 Å². The average Bonchev–Trinajstić information content (AvgIpc) is 2.12. The van der Waals surface area contributed by atoms with E-state index < -0.39 is 0 Å². The van der Waals surface area contributed by atoms with Gasteiger partial charge in [-0.2, -0.15) is 0 Å². The van der Waals surface area contributed by atoms with Crippen molar-refractivity contribution in [1.29, 1.82) is 0 Å². The predicted octanol–water partition coefficient (Wildman–Crippen LogP) is 4.12. The lowest BCUT2D eigenvalue weighted by Gasteiger charge is -1.68. The molecule has 1 nitrogen and oxygen atoms in total. The highest BCUT2D eigenvalue weighted by Crippen LogP contribution is 1.76. The zero-order chi connectivity index (χ0) is 10.1. The highest BCUT2D eigenvalue weighted by molar-refractivity contribution is 4.12. The van der Waals surface area contributed by atoms with Gasteiger partial charge < -0.3 is 4.74 Å². The van der Waals surface area contributed by atoms with Gasteiger partial charge in [0.1, 0.15) is 0 Å². The summed E-state index contributed by atoms with van der Waals surface area (Å²) in [5, 5.41) is 0. The molecule has 0 heterocycles. The molecule has 0 fully saturated rings. The fraction of sp³-hybridized carbons (Fsp3) is 1.00. The molecule has 0 bridgehead atoms. The van der Waals surface area contributed by atoms with Crippen LogP contribution < -0.4 is 0 Å². The number of hydrogen-bond acceptors (Lipinski definition) is 1. The molecule has 0 rings (SSSR count). The molecule has 0 amide bonds. The van der Waals surface area contributed by atoms with Gasteiger partial charge in [0.15, 0.2) is 0 Å². The summed E-state index contributed by atoms with van der Waals surface area (Å²) < 4.78 is 4.25. The van der Waals surface area contributed by atoms with E-state index in [1.165, 1.54) is 12.8 Å². The lowest BCUT2D eigenvalue weighted by atomic mass is 10.4. The van der Waals surface area contributed by atoms with Gasteiger partial charge in [0.25, 0.3) is 0 Å². The number of methoxy groups -OCH3 is 1. The Hall–Kier alpha value is -0.0400. The van der Waals surface area contributed by atoms with E-state index in [1.807, 2.05) is 27.7 Å². The van der Waals surface area contributed by atoms with Crippen molar-refractivity contribution in [2.24, 2.45) is 0 Å². The fourth-order valence-corrected chi connectivity index (χ4v) is 0. The summed E-state index contributed by atoms with van der Waals surface area (Å²) in [5.41, 5.74) is 0. The van der Waals surface area contributed by atoms with Crippen molar-refractivity contribution < 1.29 is 4.74 Å². The smallest absolute Gasteiger partial charge is 0.0351 e. The van der Waals surface area contributed by atoms with Gasteiger partial charge in [-0.25, -0.2) is 0 Å². The zero-order valence-corrected chi connectivity index (χ0v) is 9.82. The second kappa shape index (κ2) is 91.3. The third kappa shape index (κ3) is 685. The minimum Gasteiger partial charge on any atom is -0.388 e. The SMILES string of the molecule is CC.CC.CCCC.COC. The van der Waals surface area contributed by atoms with E-state index in [2.05, 4.69) is 18.6 Å². The van der Waals surface area contributed by atoms with Gasteiger partial charge in [-0.1, -0.05) is 54.4 Å². The van der Waals surface area contributed by atoms with Crippen LogP contribution in [0.25, 0.3) is 0 Å². The molecule has 0 aromatic heterocycles. The molecule has 0 aromatic carbocycles. The molecule has 0 radical (unpaired) electrons. The van der Waals surface area contributed by atoms with Gasteiger partial charge in [0.05, 0.1) is 0 Å². The molecular formula is C10H28O. The van der Waals surface area contributed by atoms with Crippen LogP contribution in [0.3, 0.4) is 0 Å². The molecule has 0 unspecified atom stereocenters. The van der Waals surface area contributed by atoms with Crippen LogP contribution in [-0.4, -0.2) is 14.2 Å². The molecule has 0 aromatic rings. The minimum atomic E-state index is 1.32.